The van der Waals surface area contributed by atoms with Gasteiger partial charge in [-0.25, -0.2) is 0 Å². The molecule has 0 bridgehead atoms. The third kappa shape index (κ3) is 3.12. The number of likely N-dealkylation sites (tertiary alicyclic amines) is 1. The van der Waals surface area contributed by atoms with Crippen LogP contribution in [0.15, 0.2) is 12.1 Å². The van der Waals surface area contributed by atoms with E-state index in [1.807, 2.05) is 6.92 Å². The number of rotatable bonds is 4. The second-order valence-electron chi connectivity index (χ2n) is 5.18. The predicted octanol–water partition coefficient (Wildman–Crippen LogP) is 2.89. The van der Waals surface area contributed by atoms with Gasteiger partial charge >= 0.3 is 0 Å². The number of nitrogens with zero attached hydrogens (tertiary/aromatic N) is 2. The minimum Gasteiger partial charge on any atom is -0.386 e. The average Bonchev–Trinajstić information content (AvgIpc) is 2.38. The minimum absolute atomic E-state index is 0.0430. The highest BCUT2D eigenvalue weighted by molar-refractivity contribution is 6.43. The van der Waals surface area contributed by atoms with Gasteiger partial charge in [0.25, 0.3) is 11.6 Å². The van der Waals surface area contributed by atoms with E-state index in [0.717, 1.165) is 12.5 Å². The van der Waals surface area contributed by atoms with Gasteiger partial charge in [0.1, 0.15) is 5.02 Å². The molecule has 1 aliphatic heterocycles. The number of hydrogen-bond acceptors (Lipinski definition) is 4. The average molecular weight is 333 g/mol. The highest BCUT2D eigenvalue weighted by Crippen LogP contribution is 2.34. The Morgan fingerprint density at radius 1 is 1.48 bits per heavy atom. The summed E-state index contributed by atoms with van der Waals surface area (Å²) in [6.07, 6.45) is 1.43. The van der Waals surface area contributed by atoms with Crippen LogP contribution in [0.2, 0.25) is 10.0 Å². The Morgan fingerprint density at radius 2 is 2.10 bits per heavy atom. The monoisotopic (exact) mass is 332 g/mol. The van der Waals surface area contributed by atoms with Crippen molar-refractivity contribution in [3.63, 3.8) is 0 Å². The van der Waals surface area contributed by atoms with Crippen molar-refractivity contribution in [2.24, 2.45) is 0 Å². The van der Waals surface area contributed by atoms with Crippen LogP contribution in [0.4, 0.5) is 5.69 Å². The lowest BCUT2D eigenvalue weighted by atomic mass is 9.88. The molecule has 0 unspecified atom stereocenters. The molecule has 114 valence electrons. The first-order chi connectivity index (χ1) is 9.77. The molecule has 21 heavy (non-hydrogen) atoms. The van der Waals surface area contributed by atoms with Gasteiger partial charge in [0, 0.05) is 11.6 Å². The van der Waals surface area contributed by atoms with E-state index in [2.05, 4.69) is 0 Å². The summed E-state index contributed by atoms with van der Waals surface area (Å²) >= 11 is 11.6. The molecule has 0 aliphatic carbocycles. The van der Waals surface area contributed by atoms with E-state index in [0.29, 0.717) is 6.42 Å². The van der Waals surface area contributed by atoms with Crippen molar-refractivity contribution in [3.05, 3.63) is 37.9 Å². The first-order valence-electron chi connectivity index (χ1n) is 6.42. The summed E-state index contributed by atoms with van der Waals surface area (Å²) in [6, 6.07) is 2.41. The molecular formula is C13H14Cl2N2O4. The van der Waals surface area contributed by atoms with Crippen LogP contribution in [0.25, 0.3) is 0 Å². The van der Waals surface area contributed by atoms with E-state index in [4.69, 9.17) is 23.2 Å². The summed E-state index contributed by atoms with van der Waals surface area (Å²) in [4.78, 5) is 23.9. The van der Waals surface area contributed by atoms with Crippen LogP contribution in [0, 0.1) is 10.1 Å². The molecule has 0 atom stereocenters. The fraction of sp³-hybridized carbons (Fsp3) is 0.462. The standard InChI is InChI=1S/C13H14Cl2N2O4/c1-2-3-13(19)6-16(7-13)12(18)8-4-9(14)11(15)10(5-8)17(20)21/h4-5,19H,2-3,6-7H2,1H3. The van der Waals surface area contributed by atoms with E-state index < -0.39 is 22.1 Å². The maximum Gasteiger partial charge on any atom is 0.290 e. The molecule has 1 heterocycles. The molecule has 1 fully saturated rings. The van der Waals surface area contributed by atoms with Crippen LogP contribution in [0.5, 0.6) is 0 Å². The van der Waals surface area contributed by atoms with Crippen LogP contribution in [-0.2, 0) is 0 Å². The van der Waals surface area contributed by atoms with Gasteiger partial charge in [-0.2, -0.15) is 0 Å². The molecular weight excluding hydrogens is 319 g/mol. The number of hydrogen-bond donors (Lipinski definition) is 1. The van der Waals surface area contributed by atoms with Gasteiger partial charge in [0.15, 0.2) is 0 Å². The Morgan fingerprint density at radius 3 is 2.62 bits per heavy atom. The van der Waals surface area contributed by atoms with Crippen LogP contribution in [0.1, 0.15) is 30.1 Å². The highest BCUT2D eigenvalue weighted by Gasteiger charge is 2.43. The lowest BCUT2D eigenvalue weighted by molar-refractivity contribution is -0.384. The maximum atomic E-state index is 12.2. The molecule has 1 aliphatic rings. The lowest BCUT2D eigenvalue weighted by Gasteiger charge is -2.46. The predicted molar refractivity (Wildman–Crippen MR) is 78.9 cm³/mol. The molecule has 2 rings (SSSR count). The van der Waals surface area contributed by atoms with Gasteiger partial charge in [-0.3, -0.25) is 14.9 Å². The Kier molecular flexibility index (Phi) is 4.41. The fourth-order valence-electron chi connectivity index (χ4n) is 2.44. The summed E-state index contributed by atoms with van der Waals surface area (Å²) in [5.41, 5.74) is -1.17. The van der Waals surface area contributed by atoms with Crippen molar-refractivity contribution in [2.75, 3.05) is 13.1 Å². The fourth-order valence-corrected chi connectivity index (χ4v) is 2.84. The molecule has 0 aromatic heterocycles. The Labute approximate surface area is 131 Å². The molecule has 6 nitrogen and oxygen atoms in total. The molecule has 1 amide bonds. The Balaban J connectivity index is 2.20. The molecule has 1 aromatic carbocycles. The van der Waals surface area contributed by atoms with E-state index in [-0.39, 0.29) is 28.7 Å². The maximum absolute atomic E-state index is 12.2. The van der Waals surface area contributed by atoms with Gasteiger partial charge in [0.05, 0.1) is 28.6 Å². The zero-order valence-corrected chi connectivity index (χ0v) is 12.8. The quantitative estimate of drug-likeness (QED) is 0.678. The van der Waals surface area contributed by atoms with Crippen molar-refractivity contribution in [3.8, 4) is 0 Å². The summed E-state index contributed by atoms with van der Waals surface area (Å²) in [7, 11) is 0. The summed E-state index contributed by atoms with van der Waals surface area (Å²) in [6.45, 7) is 2.38. The molecule has 0 radical (unpaired) electrons. The van der Waals surface area contributed by atoms with Crippen LogP contribution >= 0.6 is 23.2 Å². The van der Waals surface area contributed by atoms with Crippen molar-refractivity contribution in [1.29, 1.82) is 0 Å². The molecule has 8 heteroatoms. The van der Waals surface area contributed by atoms with Gasteiger partial charge < -0.3 is 10.0 Å². The molecule has 0 saturated carbocycles. The molecule has 0 spiro atoms. The van der Waals surface area contributed by atoms with E-state index in [1.54, 1.807) is 0 Å². The zero-order chi connectivity index (χ0) is 15.8. The molecule has 1 saturated heterocycles. The third-order valence-electron chi connectivity index (χ3n) is 3.43. The minimum atomic E-state index is -0.855. The first kappa shape index (κ1) is 16.0. The van der Waals surface area contributed by atoms with Crippen LogP contribution in [-0.4, -0.2) is 39.5 Å². The number of β-amino-alcohol motifs (C(OH)–C–C–N with tert-alkyl or cyclic N) is 1. The van der Waals surface area contributed by atoms with Gasteiger partial charge in [-0.1, -0.05) is 36.5 Å². The van der Waals surface area contributed by atoms with Crippen molar-refractivity contribution in [2.45, 2.75) is 25.4 Å². The van der Waals surface area contributed by atoms with Gasteiger partial charge in [-0.05, 0) is 12.5 Å². The number of nitro groups is 1. The van der Waals surface area contributed by atoms with Crippen molar-refractivity contribution >= 4 is 34.8 Å². The second-order valence-corrected chi connectivity index (χ2v) is 5.97. The van der Waals surface area contributed by atoms with E-state index in [9.17, 15) is 20.0 Å². The van der Waals surface area contributed by atoms with E-state index >= 15 is 0 Å². The summed E-state index contributed by atoms with van der Waals surface area (Å²) in [5, 5.41) is 20.7. The number of aliphatic hydroxyl groups is 1. The molecule has 1 aromatic rings. The number of carbonyl (C=O) groups is 1. The number of carbonyl (C=O) groups excluding carboxylic acids is 1. The third-order valence-corrected chi connectivity index (χ3v) is 4.22. The van der Waals surface area contributed by atoms with Crippen LogP contribution < -0.4 is 0 Å². The number of nitro benzene ring substituents is 1. The van der Waals surface area contributed by atoms with Crippen molar-refractivity contribution in [1.82, 2.24) is 4.90 Å². The van der Waals surface area contributed by atoms with Crippen LogP contribution in [0.3, 0.4) is 0 Å². The Bertz CT molecular complexity index is 600. The smallest absolute Gasteiger partial charge is 0.290 e. The topological polar surface area (TPSA) is 83.7 Å². The normalized spacial score (nSPS) is 16.5. The number of halogens is 2. The van der Waals surface area contributed by atoms with Crippen molar-refractivity contribution < 1.29 is 14.8 Å². The summed E-state index contributed by atoms with van der Waals surface area (Å²) < 4.78 is 0. The molecule has 1 N–H and O–H groups in total. The largest absolute Gasteiger partial charge is 0.386 e. The first-order valence-corrected chi connectivity index (χ1v) is 7.18. The Hall–Kier alpha value is -1.37. The zero-order valence-electron chi connectivity index (χ0n) is 11.3. The SMILES string of the molecule is CCCC1(O)CN(C(=O)c2cc(Cl)c(Cl)c([N+](=O)[O-])c2)C1. The number of amides is 1. The van der Waals surface area contributed by atoms with E-state index in [1.165, 1.54) is 11.0 Å². The number of benzene rings is 1. The second kappa shape index (κ2) is 5.79. The summed E-state index contributed by atoms with van der Waals surface area (Å²) in [5.74, 6) is -0.405. The highest BCUT2D eigenvalue weighted by atomic mass is 35.5. The lowest BCUT2D eigenvalue weighted by Crippen LogP contribution is -2.63. The van der Waals surface area contributed by atoms with Gasteiger partial charge in [-0.15, -0.1) is 0 Å². The van der Waals surface area contributed by atoms with Gasteiger partial charge in [0.2, 0.25) is 0 Å².